The van der Waals surface area contributed by atoms with Gasteiger partial charge in [-0.15, -0.1) is 11.3 Å². The number of hydrogen-bond acceptors (Lipinski definition) is 6. The Bertz CT molecular complexity index is 1150. The lowest BCUT2D eigenvalue weighted by molar-refractivity contribution is -0.137. The number of thiophene rings is 1. The minimum absolute atomic E-state index is 0.0197. The van der Waals surface area contributed by atoms with Gasteiger partial charge in [0.25, 0.3) is 5.91 Å². The molecule has 1 amide bonds. The fourth-order valence-corrected chi connectivity index (χ4v) is 4.46. The van der Waals surface area contributed by atoms with Crippen LogP contribution in [0.1, 0.15) is 26.4 Å². The van der Waals surface area contributed by atoms with Crippen LogP contribution in [0.3, 0.4) is 0 Å². The van der Waals surface area contributed by atoms with Crippen LogP contribution in [0.2, 0.25) is 5.02 Å². The number of nitrogens with one attached hydrogen (secondary N) is 3. The lowest BCUT2D eigenvalue weighted by Gasteiger charge is -2.19. The predicted octanol–water partition coefficient (Wildman–Crippen LogP) is 4.63. The molecule has 4 rings (SSSR count). The molecule has 1 aliphatic rings. The third-order valence-electron chi connectivity index (χ3n) is 4.81. The van der Waals surface area contributed by atoms with E-state index in [4.69, 9.17) is 11.6 Å². The van der Waals surface area contributed by atoms with Crippen LogP contribution in [-0.4, -0.2) is 29.5 Å². The third kappa shape index (κ3) is 4.51. The van der Waals surface area contributed by atoms with Crippen LogP contribution < -0.4 is 16.0 Å². The topological polar surface area (TPSA) is 78.9 Å². The Kier molecular flexibility index (Phi) is 5.87. The van der Waals surface area contributed by atoms with Crippen molar-refractivity contribution >= 4 is 40.5 Å². The molecule has 1 aromatic carbocycles. The van der Waals surface area contributed by atoms with Gasteiger partial charge in [-0.25, -0.2) is 9.97 Å². The lowest BCUT2D eigenvalue weighted by atomic mass is 10.0. The summed E-state index contributed by atoms with van der Waals surface area (Å²) < 4.78 is 40.7. The lowest BCUT2D eigenvalue weighted by Crippen LogP contribution is -2.23. The number of nitrogens with zero attached hydrogens (tertiary/aromatic N) is 2. The summed E-state index contributed by atoms with van der Waals surface area (Å²) in [6.45, 7) is 1.54. The van der Waals surface area contributed by atoms with Gasteiger partial charge in [-0.3, -0.25) is 4.79 Å². The summed E-state index contributed by atoms with van der Waals surface area (Å²) in [5, 5.41) is 9.07. The maximum absolute atomic E-state index is 13.6. The van der Waals surface area contributed by atoms with Crippen LogP contribution in [-0.2, 0) is 19.1 Å². The van der Waals surface area contributed by atoms with Gasteiger partial charge >= 0.3 is 6.18 Å². The van der Waals surface area contributed by atoms with E-state index in [1.54, 1.807) is 0 Å². The molecule has 0 atom stereocenters. The van der Waals surface area contributed by atoms with E-state index in [0.717, 1.165) is 41.6 Å². The first-order chi connectivity index (χ1) is 14.8. The second-order valence-electron chi connectivity index (χ2n) is 6.85. The van der Waals surface area contributed by atoms with Crippen molar-refractivity contribution in [3.63, 3.8) is 0 Å². The van der Waals surface area contributed by atoms with Gasteiger partial charge in [0, 0.05) is 19.8 Å². The van der Waals surface area contributed by atoms with E-state index in [0.29, 0.717) is 17.3 Å². The summed E-state index contributed by atoms with van der Waals surface area (Å²) in [6, 6.07) is 6.59. The van der Waals surface area contributed by atoms with Gasteiger partial charge < -0.3 is 16.0 Å². The van der Waals surface area contributed by atoms with E-state index in [-0.39, 0.29) is 27.3 Å². The van der Waals surface area contributed by atoms with Crippen molar-refractivity contribution in [1.82, 2.24) is 20.6 Å². The van der Waals surface area contributed by atoms with Crippen molar-refractivity contribution in [2.75, 3.05) is 18.9 Å². The highest BCUT2D eigenvalue weighted by atomic mass is 35.5. The second kappa shape index (κ2) is 8.45. The third-order valence-corrected chi connectivity index (χ3v) is 6.21. The van der Waals surface area contributed by atoms with E-state index in [1.807, 2.05) is 12.1 Å². The summed E-state index contributed by atoms with van der Waals surface area (Å²) in [4.78, 5) is 20.3. The smallest absolute Gasteiger partial charge is 0.354 e. The molecule has 0 spiro atoms. The predicted molar refractivity (Wildman–Crippen MR) is 114 cm³/mol. The zero-order chi connectivity index (χ0) is 22.2. The van der Waals surface area contributed by atoms with Crippen molar-refractivity contribution in [2.24, 2.45) is 0 Å². The van der Waals surface area contributed by atoms with Crippen molar-refractivity contribution in [2.45, 2.75) is 19.1 Å². The van der Waals surface area contributed by atoms with Crippen LogP contribution in [0.5, 0.6) is 0 Å². The standard InChI is InChI=1S/C20H17ClF3N5OS/c1-25-18(30)16-3-2-15(31-16)17-12(20(22,23)24)9-27-19(29-17)28-14-7-10-4-5-26-8-11(10)6-13(14)21/h2-3,6-7,9,26H,4-5,8H2,1H3,(H,25,30)(H,27,28,29). The summed E-state index contributed by atoms with van der Waals surface area (Å²) in [5.41, 5.74) is 1.42. The van der Waals surface area contributed by atoms with Crippen molar-refractivity contribution in [3.8, 4) is 10.6 Å². The fraction of sp³-hybridized carbons (Fsp3) is 0.250. The Hall–Kier alpha value is -2.69. The Balaban J connectivity index is 1.73. The molecule has 3 N–H and O–H groups in total. The number of benzene rings is 1. The molecular formula is C20H17ClF3N5OS. The molecule has 1 aliphatic heterocycles. The second-order valence-corrected chi connectivity index (χ2v) is 8.34. The Morgan fingerprint density at radius 3 is 2.81 bits per heavy atom. The first-order valence-electron chi connectivity index (χ1n) is 9.32. The number of carbonyl (C=O) groups is 1. The zero-order valence-corrected chi connectivity index (χ0v) is 17.8. The molecule has 0 saturated heterocycles. The van der Waals surface area contributed by atoms with Gasteiger partial charge in [0.1, 0.15) is 5.56 Å². The number of anilines is 2. The molecule has 31 heavy (non-hydrogen) atoms. The Morgan fingerprint density at radius 2 is 2.06 bits per heavy atom. The number of halogens is 4. The average molecular weight is 468 g/mol. The molecule has 3 aromatic rings. The highest BCUT2D eigenvalue weighted by Crippen LogP contribution is 2.39. The number of carbonyl (C=O) groups excluding carboxylic acids is 1. The molecule has 0 unspecified atom stereocenters. The van der Waals surface area contributed by atoms with E-state index in [1.165, 1.54) is 19.2 Å². The Labute approximate surface area is 184 Å². The molecule has 11 heteroatoms. The van der Waals surface area contributed by atoms with Gasteiger partial charge in [0.2, 0.25) is 5.95 Å². The van der Waals surface area contributed by atoms with Crippen molar-refractivity contribution in [1.29, 1.82) is 0 Å². The largest absolute Gasteiger partial charge is 0.420 e. The van der Waals surface area contributed by atoms with Gasteiger partial charge in [0.15, 0.2) is 0 Å². The van der Waals surface area contributed by atoms with Crippen LogP contribution in [0.4, 0.5) is 24.8 Å². The maximum atomic E-state index is 13.6. The summed E-state index contributed by atoms with van der Waals surface area (Å²) >= 11 is 7.28. The summed E-state index contributed by atoms with van der Waals surface area (Å²) in [6.07, 6.45) is -3.10. The van der Waals surface area contributed by atoms with Crippen LogP contribution >= 0.6 is 22.9 Å². The maximum Gasteiger partial charge on any atom is 0.420 e. The normalized spacial score (nSPS) is 13.6. The number of rotatable bonds is 4. The molecular weight excluding hydrogens is 451 g/mol. The molecule has 6 nitrogen and oxygen atoms in total. The van der Waals surface area contributed by atoms with E-state index in [9.17, 15) is 18.0 Å². The molecule has 0 fully saturated rings. The molecule has 0 aliphatic carbocycles. The minimum Gasteiger partial charge on any atom is -0.354 e. The number of hydrogen-bond donors (Lipinski definition) is 3. The van der Waals surface area contributed by atoms with Gasteiger partial charge in [-0.2, -0.15) is 13.2 Å². The molecule has 0 radical (unpaired) electrons. The highest BCUT2D eigenvalue weighted by molar-refractivity contribution is 7.17. The first kappa shape index (κ1) is 21.5. The van der Waals surface area contributed by atoms with E-state index in [2.05, 4.69) is 25.9 Å². The van der Waals surface area contributed by atoms with E-state index < -0.39 is 11.7 Å². The summed E-state index contributed by atoms with van der Waals surface area (Å²) in [5.74, 6) is -0.402. The molecule has 162 valence electrons. The molecule has 0 bridgehead atoms. The van der Waals surface area contributed by atoms with Gasteiger partial charge in [-0.05, 0) is 48.4 Å². The van der Waals surface area contributed by atoms with Crippen LogP contribution in [0.25, 0.3) is 10.6 Å². The number of alkyl halides is 3. The number of fused-ring (bicyclic) bond motifs is 1. The monoisotopic (exact) mass is 467 g/mol. The number of aromatic nitrogens is 2. The quantitative estimate of drug-likeness (QED) is 0.521. The van der Waals surface area contributed by atoms with E-state index >= 15 is 0 Å². The van der Waals surface area contributed by atoms with Gasteiger partial charge in [0.05, 0.1) is 26.2 Å². The molecule has 3 heterocycles. The molecule has 0 saturated carbocycles. The van der Waals surface area contributed by atoms with Gasteiger partial charge in [-0.1, -0.05) is 11.6 Å². The number of amides is 1. The first-order valence-corrected chi connectivity index (χ1v) is 10.5. The fourth-order valence-electron chi connectivity index (χ4n) is 3.27. The summed E-state index contributed by atoms with van der Waals surface area (Å²) in [7, 11) is 1.45. The minimum atomic E-state index is -4.65. The molecule has 2 aromatic heterocycles. The Morgan fingerprint density at radius 1 is 1.26 bits per heavy atom. The average Bonchev–Trinajstić information content (AvgIpc) is 3.23. The van der Waals surface area contributed by atoms with Crippen molar-refractivity contribution in [3.05, 3.63) is 57.1 Å². The SMILES string of the molecule is CNC(=O)c1ccc(-c2nc(Nc3cc4c(cc3Cl)CNCC4)ncc2C(F)(F)F)s1. The van der Waals surface area contributed by atoms with Crippen LogP contribution in [0, 0.1) is 0 Å². The highest BCUT2D eigenvalue weighted by Gasteiger charge is 2.36. The zero-order valence-electron chi connectivity index (χ0n) is 16.2. The van der Waals surface area contributed by atoms with Crippen LogP contribution in [0.15, 0.2) is 30.5 Å². The van der Waals surface area contributed by atoms with Crippen molar-refractivity contribution < 1.29 is 18.0 Å².